The van der Waals surface area contributed by atoms with Crippen molar-refractivity contribution in [1.29, 1.82) is 0 Å². The van der Waals surface area contributed by atoms with Crippen molar-refractivity contribution in [1.82, 2.24) is 4.31 Å². The Balaban J connectivity index is 1.42. The van der Waals surface area contributed by atoms with Gasteiger partial charge in [0.15, 0.2) is 0 Å². The van der Waals surface area contributed by atoms with Gasteiger partial charge in [0.25, 0.3) is 0 Å². The van der Waals surface area contributed by atoms with E-state index in [1.165, 1.54) is 12.1 Å². The number of methoxy groups -OCH3 is 1. The summed E-state index contributed by atoms with van der Waals surface area (Å²) in [5, 5.41) is 3.84. The minimum atomic E-state index is -3.46. The number of hydrogen-bond donors (Lipinski definition) is 1. The minimum Gasteiger partial charge on any atom is -0.497 e. The predicted molar refractivity (Wildman–Crippen MR) is 119 cm³/mol. The Hall–Kier alpha value is -2.25. The van der Waals surface area contributed by atoms with Crippen LogP contribution in [0.2, 0.25) is 0 Å². The highest BCUT2D eigenvalue weighted by Gasteiger charge is 2.50. The van der Waals surface area contributed by atoms with Gasteiger partial charge in [-0.15, -0.1) is 0 Å². The van der Waals surface area contributed by atoms with Gasteiger partial charge >= 0.3 is 0 Å². The lowest BCUT2D eigenvalue weighted by molar-refractivity contribution is 0.219. The molecule has 3 heterocycles. The lowest BCUT2D eigenvalue weighted by Crippen LogP contribution is -2.62. The van der Waals surface area contributed by atoms with E-state index in [1.807, 2.05) is 25.1 Å². The van der Waals surface area contributed by atoms with Crippen LogP contribution in [0.4, 0.5) is 11.4 Å². The summed E-state index contributed by atoms with van der Waals surface area (Å²) < 4.78 is 33.5. The van der Waals surface area contributed by atoms with Crippen LogP contribution in [0, 0.1) is 6.92 Å². The molecule has 160 valence electrons. The van der Waals surface area contributed by atoms with Gasteiger partial charge in [0.2, 0.25) is 10.0 Å². The summed E-state index contributed by atoms with van der Waals surface area (Å²) in [5.74, 6) is 0.841. The van der Waals surface area contributed by atoms with Gasteiger partial charge in [-0.2, -0.15) is 4.31 Å². The molecule has 5 rings (SSSR count). The molecule has 30 heavy (non-hydrogen) atoms. The molecule has 1 unspecified atom stereocenters. The first kappa shape index (κ1) is 19.7. The topological polar surface area (TPSA) is 61.9 Å². The molecule has 1 spiro atoms. The van der Waals surface area contributed by atoms with Crippen molar-refractivity contribution in [2.75, 3.05) is 37.0 Å². The zero-order chi connectivity index (χ0) is 20.9. The molecule has 2 saturated heterocycles. The molecule has 3 aliphatic heterocycles. The van der Waals surface area contributed by atoms with Gasteiger partial charge in [-0.25, -0.2) is 8.42 Å². The molecule has 0 aromatic heterocycles. The molecule has 7 heteroatoms. The standard InChI is InChI=1S/C23H29N3O3S/c1-17-5-3-6-19(15-17)30(27,28)25-13-10-23(11-14-25)22-7-4-12-26(22)21-9-8-18(29-2)16-20(21)24-23/h3,5-6,8-9,15-16,22,24H,4,7,10-14H2,1-2H3. The molecular formula is C23H29N3O3S. The fourth-order valence-electron chi connectivity index (χ4n) is 5.48. The summed E-state index contributed by atoms with van der Waals surface area (Å²) in [4.78, 5) is 2.92. The van der Waals surface area contributed by atoms with Gasteiger partial charge in [-0.05, 0) is 62.4 Å². The number of nitrogens with one attached hydrogen (secondary N) is 1. The SMILES string of the molecule is COc1ccc2c(c1)NC1(CCN(S(=O)(=O)c3cccc(C)c3)CC1)C1CCCN21. The van der Waals surface area contributed by atoms with Crippen molar-refractivity contribution >= 4 is 21.4 Å². The first-order valence-corrected chi connectivity index (χ1v) is 12.2. The summed E-state index contributed by atoms with van der Waals surface area (Å²) in [5.41, 5.74) is 3.20. The molecule has 6 nitrogen and oxygen atoms in total. The number of ether oxygens (including phenoxy) is 1. The fraction of sp³-hybridized carbons (Fsp3) is 0.478. The normalized spacial score (nSPS) is 23.0. The van der Waals surface area contributed by atoms with Crippen molar-refractivity contribution in [3.63, 3.8) is 0 Å². The first-order chi connectivity index (χ1) is 14.4. The van der Waals surface area contributed by atoms with E-state index in [2.05, 4.69) is 22.3 Å². The van der Waals surface area contributed by atoms with Crippen LogP contribution in [-0.2, 0) is 10.0 Å². The molecule has 1 atom stereocenters. The second-order valence-corrected chi connectivity index (χ2v) is 10.7. The zero-order valence-corrected chi connectivity index (χ0v) is 18.4. The maximum absolute atomic E-state index is 13.2. The Labute approximate surface area is 178 Å². The van der Waals surface area contributed by atoms with Crippen molar-refractivity contribution in [2.45, 2.75) is 49.1 Å². The Bertz CT molecular complexity index is 1060. The second-order valence-electron chi connectivity index (χ2n) is 8.74. The summed E-state index contributed by atoms with van der Waals surface area (Å²) >= 11 is 0. The summed E-state index contributed by atoms with van der Waals surface area (Å²) in [6.07, 6.45) is 3.92. The van der Waals surface area contributed by atoms with Crippen LogP contribution in [0.15, 0.2) is 47.4 Å². The van der Waals surface area contributed by atoms with E-state index in [-0.39, 0.29) is 5.54 Å². The molecule has 0 saturated carbocycles. The fourth-order valence-corrected chi connectivity index (χ4v) is 7.03. The van der Waals surface area contributed by atoms with E-state index >= 15 is 0 Å². The predicted octanol–water partition coefficient (Wildman–Crippen LogP) is 3.62. The van der Waals surface area contributed by atoms with Crippen LogP contribution < -0.4 is 15.0 Å². The van der Waals surface area contributed by atoms with Crippen molar-refractivity contribution in [3.05, 3.63) is 48.0 Å². The van der Waals surface area contributed by atoms with Crippen LogP contribution in [0.3, 0.4) is 0 Å². The second kappa shape index (κ2) is 7.17. The molecule has 0 bridgehead atoms. The van der Waals surface area contributed by atoms with Gasteiger partial charge in [-0.1, -0.05) is 12.1 Å². The van der Waals surface area contributed by atoms with Crippen molar-refractivity contribution < 1.29 is 13.2 Å². The molecule has 1 N–H and O–H groups in total. The smallest absolute Gasteiger partial charge is 0.243 e. The largest absolute Gasteiger partial charge is 0.497 e. The van der Waals surface area contributed by atoms with Gasteiger partial charge in [0, 0.05) is 25.7 Å². The quantitative estimate of drug-likeness (QED) is 0.811. The molecule has 2 aromatic carbocycles. The monoisotopic (exact) mass is 427 g/mol. The molecule has 2 aromatic rings. The Morgan fingerprint density at radius 1 is 1.10 bits per heavy atom. The zero-order valence-electron chi connectivity index (χ0n) is 17.6. The number of sulfonamides is 1. The third kappa shape index (κ3) is 3.06. The van der Waals surface area contributed by atoms with E-state index in [1.54, 1.807) is 23.5 Å². The number of fused-ring (bicyclic) bond motifs is 4. The Morgan fingerprint density at radius 3 is 2.63 bits per heavy atom. The van der Waals surface area contributed by atoms with Crippen molar-refractivity contribution in [2.24, 2.45) is 0 Å². The molecular weight excluding hydrogens is 398 g/mol. The number of piperidine rings is 1. The molecule has 2 fully saturated rings. The van der Waals surface area contributed by atoms with Gasteiger partial charge < -0.3 is 15.0 Å². The van der Waals surface area contributed by atoms with E-state index in [0.29, 0.717) is 24.0 Å². The maximum atomic E-state index is 13.2. The Morgan fingerprint density at radius 2 is 1.90 bits per heavy atom. The summed E-state index contributed by atoms with van der Waals surface area (Å²) in [6.45, 7) is 4.05. The van der Waals surface area contributed by atoms with Crippen LogP contribution in [0.25, 0.3) is 0 Å². The number of aryl methyl sites for hydroxylation is 1. The van der Waals surface area contributed by atoms with Crippen LogP contribution in [0.1, 0.15) is 31.2 Å². The van der Waals surface area contributed by atoms with E-state index in [4.69, 9.17) is 4.74 Å². The average Bonchev–Trinajstić information content (AvgIpc) is 3.25. The van der Waals surface area contributed by atoms with E-state index < -0.39 is 10.0 Å². The number of anilines is 2. The lowest BCUT2D eigenvalue weighted by atomic mass is 9.78. The highest BCUT2D eigenvalue weighted by atomic mass is 32.2. The highest BCUT2D eigenvalue weighted by molar-refractivity contribution is 7.89. The number of nitrogens with zero attached hydrogens (tertiary/aromatic N) is 2. The van der Waals surface area contributed by atoms with Crippen LogP contribution >= 0.6 is 0 Å². The van der Waals surface area contributed by atoms with Gasteiger partial charge in [0.1, 0.15) is 5.75 Å². The lowest BCUT2D eigenvalue weighted by Gasteiger charge is -2.53. The van der Waals surface area contributed by atoms with Crippen LogP contribution in [-0.4, -0.2) is 51.0 Å². The maximum Gasteiger partial charge on any atom is 0.243 e. The molecule has 0 radical (unpaired) electrons. The van der Waals surface area contributed by atoms with E-state index in [0.717, 1.165) is 42.8 Å². The number of hydrogen-bond acceptors (Lipinski definition) is 5. The highest BCUT2D eigenvalue weighted by Crippen LogP contribution is 2.48. The Kier molecular flexibility index (Phi) is 4.71. The van der Waals surface area contributed by atoms with Crippen LogP contribution in [0.5, 0.6) is 5.75 Å². The van der Waals surface area contributed by atoms with Gasteiger partial charge in [-0.3, -0.25) is 0 Å². The summed E-state index contributed by atoms with van der Waals surface area (Å²) in [6, 6.07) is 13.8. The summed E-state index contributed by atoms with van der Waals surface area (Å²) in [7, 11) is -1.77. The molecule has 0 aliphatic carbocycles. The third-order valence-corrected chi connectivity index (χ3v) is 8.92. The molecule has 3 aliphatic rings. The van der Waals surface area contributed by atoms with E-state index in [9.17, 15) is 8.42 Å². The minimum absolute atomic E-state index is 0.103. The number of benzene rings is 2. The number of rotatable bonds is 3. The first-order valence-electron chi connectivity index (χ1n) is 10.7. The van der Waals surface area contributed by atoms with Crippen molar-refractivity contribution in [3.8, 4) is 5.75 Å². The van der Waals surface area contributed by atoms with Gasteiger partial charge in [0.05, 0.1) is 35.0 Å². The third-order valence-electron chi connectivity index (χ3n) is 7.03. The molecule has 0 amide bonds. The average molecular weight is 428 g/mol.